The van der Waals surface area contributed by atoms with Crippen molar-refractivity contribution in [2.75, 3.05) is 12.4 Å². The number of amides is 2. The Kier molecular flexibility index (Phi) is 5.65. The van der Waals surface area contributed by atoms with Gasteiger partial charge in [-0.1, -0.05) is 5.16 Å². The highest BCUT2D eigenvalue weighted by Gasteiger charge is 2.54. The van der Waals surface area contributed by atoms with Gasteiger partial charge in [0.1, 0.15) is 22.8 Å². The van der Waals surface area contributed by atoms with Crippen molar-refractivity contribution in [3.05, 3.63) is 27.9 Å². The van der Waals surface area contributed by atoms with Crippen LogP contribution < -0.4 is 5.32 Å². The van der Waals surface area contributed by atoms with Crippen LogP contribution in [0.4, 0.5) is 0 Å². The summed E-state index contributed by atoms with van der Waals surface area (Å²) in [6.07, 6.45) is 0. The molecule has 0 spiro atoms. The number of hydrogen-bond donors (Lipinski definition) is 3. The molecule has 28 heavy (non-hydrogen) atoms. The third-order valence-electron chi connectivity index (χ3n) is 3.88. The number of carboxylic acid groups (broad SMARTS) is 2. The second-order valence-corrected chi connectivity index (χ2v) is 7.60. The van der Waals surface area contributed by atoms with E-state index < -0.39 is 41.8 Å². The highest BCUT2D eigenvalue weighted by Crippen LogP contribution is 2.40. The van der Waals surface area contributed by atoms with E-state index in [9.17, 15) is 24.3 Å². The van der Waals surface area contributed by atoms with Crippen molar-refractivity contribution in [3.63, 3.8) is 0 Å². The van der Waals surface area contributed by atoms with Gasteiger partial charge < -0.3 is 20.4 Å². The summed E-state index contributed by atoms with van der Waals surface area (Å²) >= 11 is 2.53. The first-order valence-corrected chi connectivity index (χ1v) is 9.79. The lowest BCUT2D eigenvalue weighted by Crippen LogP contribution is -2.71. The molecule has 1 aromatic heterocycles. The second kappa shape index (κ2) is 7.98. The van der Waals surface area contributed by atoms with Gasteiger partial charge in [0.15, 0.2) is 5.71 Å². The number of fused-ring (bicyclic) bond motifs is 1. The topological polar surface area (TPSA) is 158 Å². The number of hydrogen-bond acceptors (Lipinski definition) is 9. The van der Waals surface area contributed by atoms with E-state index in [1.807, 2.05) is 0 Å². The first-order valence-electron chi connectivity index (χ1n) is 7.80. The van der Waals surface area contributed by atoms with Crippen LogP contribution in [0.1, 0.15) is 12.6 Å². The summed E-state index contributed by atoms with van der Waals surface area (Å²) in [5, 5.41) is 25.0. The molecule has 0 aromatic carbocycles. The van der Waals surface area contributed by atoms with Crippen molar-refractivity contribution < 1.29 is 34.2 Å². The van der Waals surface area contributed by atoms with E-state index >= 15 is 0 Å². The molecule has 3 heterocycles. The first kappa shape index (κ1) is 19.8. The van der Waals surface area contributed by atoms with E-state index in [1.54, 1.807) is 6.92 Å². The molecule has 1 unspecified atom stereocenters. The molecule has 2 aliphatic heterocycles. The van der Waals surface area contributed by atoms with E-state index in [2.05, 4.69) is 20.3 Å². The van der Waals surface area contributed by atoms with Gasteiger partial charge in [0.05, 0.1) is 5.51 Å². The fourth-order valence-corrected chi connectivity index (χ4v) is 4.50. The molecule has 1 saturated heterocycles. The van der Waals surface area contributed by atoms with Gasteiger partial charge in [0, 0.05) is 11.1 Å². The first-order chi connectivity index (χ1) is 13.3. The summed E-state index contributed by atoms with van der Waals surface area (Å²) in [7, 11) is 0. The predicted octanol–water partition coefficient (Wildman–Crippen LogP) is -0.293. The van der Waals surface area contributed by atoms with Crippen LogP contribution in [0.3, 0.4) is 0 Å². The van der Waals surface area contributed by atoms with Gasteiger partial charge in [-0.25, -0.2) is 14.6 Å². The number of aromatic nitrogens is 1. The molecule has 0 bridgehead atoms. The summed E-state index contributed by atoms with van der Waals surface area (Å²) in [5.41, 5.74) is 1.83. The number of thioether (sulfide) groups is 1. The summed E-state index contributed by atoms with van der Waals surface area (Å²) in [5.74, 6) is -3.39. The van der Waals surface area contributed by atoms with Crippen LogP contribution in [0.15, 0.2) is 27.3 Å². The molecule has 2 atom stereocenters. The Morgan fingerprint density at radius 2 is 2.18 bits per heavy atom. The van der Waals surface area contributed by atoms with E-state index in [0.29, 0.717) is 11.3 Å². The maximum absolute atomic E-state index is 12.6. The minimum Gasteiger partial charge on any atom is -0.479 e. The molecule has 1 aromatic rings. The highest BCUT2D eigenvalue weighted by atomic mass is 32.2. The molecule has 3 N–H and O–H groups in total. The van der Waals surface area contributed by atoms with Gasteiger partial charge in [-0.3, -0.25) is 14.5 Å². The number of carbonyl (C=O) groups is 4. The van der Waals surface area contributed by atoms with Crippen LogP contribution in [0.25, 0.3) is 0 Å². The minimum absolute atomic E-state index is 0.0718. The lowest BCUT2D eigenvalue weighted by Gasteiger charge is -2.49. The van der Waals surface area contributed by atoms with Crippen LogP contribution in [0.5, 0.6) is 0 Å². The zero-order chi connectivity index (χ0) is 20.4. The lowest BCUT2D eigenvalue weighted by molar-refractivity contribution is -0.150. The third kappa shape index (κ3) is 3.71. The number of carbonyl (C=O) groups excluding carboxylic acids is 2. The molecule has 3 rings (SSSR count). The lowest BCUT2D eigenvalue weighted by atomic mass is 10.0. The van der Waals surface area contributed by atoms with E-state index in [-0.39, 0.29) is 17.1 Å². The van der Waals surface area contributed by atoms with Gasteiger partial charge in [-0.15, -0.1) is 23.1 Å². The smallest absolute Gasteiger partial charge is 0.352 e. The van der Waals surface area contributed by atoms with Crippen molar-refractivity contribution >= 4 is 52.6 Å². The fraction of sp³-hybridized carbons (Fsp3) is 0.333. The molecule has 2 aliphatic rings. The van der Waals surface area contributed by atoms with Crippen molar-refractivity contribution in [3.8, 4) is 0 Å². The monoisotopic (exact) mass is 426 g/mol. The van der Waals surface area contributed by atoms with Gasteiger partial charge in [-0.2, -0.15) is 0 Å². The zero-order valence-electron chi connectivity index (χ0n) is 14.3. The molecule has 0 saturated carbocycles. The summed E-state index contributed by atoms with van der Waals surface area (Å²) in [6, 6.07) is -0.941. The van der Waals surface area contributed by atoms with Crippen molar-refractivity contribution in [2.45, 2.75) is 18.3 Å². The summed E-state index contributed by atoms with van der Waals surface area (Å²) in [4.78, 5) is 56.8. The number of β-lactam (4-membered cyclic amide) rings is 1. The minimum atomic E-state index is -1.27. The SMILES string of the molecule is CC1=C(C(=O)O)N2C(=O)C(NC(=O)/C(=N\OCC(=O)O)c3cscn3)[C@H]2SC1. The molecule has 0 aliphatic carbocycles. The van der Waals surface area contributed by atoms with Gasteiger partial charge >= 0.3 is 11.9 Å². The molecule has 0 radical (unpaired) electrons. The summed E-state index contributed by atoms with van der Waals surface area (Å²) < 4.78 is 0. The number of nitrogens with zero attached hydrogens (tertiary/aromatic N) is 3. The van der Waals surface area contributed by atoms with Crippen LogP contribution in [0.2, 0.25) is 0 Å². The fourth-order valence-electron chi connectivity index (χ4n) is 2.67. The van der Waals surface area contributed by atoms with E-state index in [4.69, 9.17) is 5.11 Å². The van der Waals surface area contributed by atoms with Crippen LogP contribution in [-0.4, -0.2) is 73.3 Å². The van der Waals surface area contributed by atoms with Gasteiger partial charge in [0.25, 0.3) is 11.8 Å². The number of oxime groups is 1. The van der Waals surface area contributed by atoms with Gasteiger partial charge in [-0.05, 0) is 12.5 Å². The largest absolute Gasteiger partial charge is 0.479 e. The second-order valence-electron chi connectivity index (χ2n) is 5.78. The van der Waals surface area contributed by atoms with Crippen LogP contribution >= 0.6 is 23.1 Å². The van der Waals surface area contributed by atoms with Gasteiger partial charge in [0.2, 0.25) is 6.61 Å². The molecular formula is C15H14N4O7S2. The number of nitrogens with one attached hydrogen (secondary N) is 1. The highest BCUT2D eigenvalue weighted by molar-refractivity contribution is 8.00. The standard InChI is InChI=1S/C15H14N4O7S2/c1-6-3-28-14-10(13(23)19(14)11(6)15(24)25)17-12(22)9(7-4-27-5-16-7)18-26-2-8(20)21/h4-5,10,14H,2-3H2,1H3,(H,17,22)(H,20,21)(H,24,25)/b18-9-/t10?,14-/m1/s1. The van der Waals surface area contributed by atoms with Crippen LogP contribution in [-0.2, 0) is 24.0 Å². The van der Waals surface area contributed by atoms with E-state index in [1.165, 1.54) is 34.0 Å². The Morgan fingerprint density at radius 3 is 2.79 bits per heavy atom. The van der Waals surface area contributed by atoms with Crippen molar-refractivity contribution in [1.29, 1.82) is 0 Å². The average Bonchev–Trinajstić information content (AvgIpc) is 3.16. The number of carboxylic acids is 2. The molecule has 148 valence electrons. The average molecular weight is 426 g/mol. The Balaban J connectivity index is 1.76. The number of thiazole rings is 1. The molecule has 1 fully saturated rings. The maximum Gasteiger partial charge on any atom is 0.352 e. The van der Waals surface area contributed by atoms with Crippen molar-refractivity contribution in [1.82, 2.24) is 15.2 Å². The molecule has 2 amide bonds. The molecular weight excluding hydrogens is 412 g/mol. The Labute approximate surface area is 166 Å². The molecule has 11 nitrogen and oxygen atoms in total. The Morgan fingerprint density at radius 1 is 1.43 bits per heavy atom. The Bertz CT molecular complexity index is 896. The molecule has 13 heteroatoms. The number of aliphatic carboxylic acids is 2. The zero-order valence-corrected chi connectivity index (χ0v) is 16.0. The maximum atomic E-state index is 12.6. The van der Waals surface area contributed by atoms with E-state index in [0.717, 1.165) is 4.90 Å². The Hall–Kier alpha value is -2.93. The normalized spacial score (nSPS) is 21.7. The summed E-state index contributed by atoms with van der Waals surface area (Å²) in [6.45, 7) is 0.889. The van der Waals surface area contributed by atoms with Crippen molar-refractivity contribution in [2.24, 2.45) is 5.16 Å². The van der Waals surface area contributed by atoms with Crippen LogP contribution in [0, 0.1) is 0 Å². The third-order valence-corrected chi connectivity index (χ3v) is 5.89. The number of rotatable bonds is 7. The predicted molar refractivity (Wildman–Crippen MR) is 97.6 cm³/mol. The quantitative estimate of drug-likeness (QED) is 0.302.